The van der Waals surface area contributed by atoms with Gasteiger partial charge < -0.3 is 14.4 Å². The van der Waals surface area contributed by atoms with Gasteiger partial charge in [0.1, 0.15) is 27.6 Å². The summed E-state index contributed by atoms with van der Waals surface area (Å²) in [6, 6.07) is 7.40. The Morgan fingerprint density at radius 3 is 2.76 bits per heavy atom. The summed E-state index contributed by atoms with van der Waals surface area (Å²) in [5.41, 5.74) is 2.77. The standard InChI is InChI=1S/C18H18N2O4S/c1-10(2)9-23-15-5-4-12(8-13(15)14-6-7-24-20-14)17-19-11(3)16(25-17)18(21)22/h4-8,10H,9H2,1-3H3,(H,21,22). The maximum atomic E-state index is 11.3. The zero-order valence-corrected chi connectivity index (χ0v) is 15.0. The van der Waals surface area contributed by atoms with Crippen molar-refractivity contribution in [1.82, 2.24) is 10.1 Å². The van der Waals surface area contributed by atoms with E-state index in [-0.39, 0.29) is 4.88 Å². The first kappa shape index (κ1) is 17.2. The number of hydrogen-bond acceptors (Lipinski definition) is 6. The normalized spacial score (nSPS) is 11.0. The maximum Gasteiger partial charge on any atom is 0.347 e. The lowest BCUT2D eigenvalue weighted by Gasteiger charge is -2.12. The summed E-state index contributed by atoms with van der Waals surface area (Å²) in [6.45, 7) is 6.44. The van der Waals surface area contributed by atoms with Crippen LogP contribution in [0.3, 0.4) is 0 Å². The molecule has 0 fully saturated rings. The van der Waals surface area contributed by atoms with Crippen LogP contribution < -0.4 is 4.74 Å². The predicted octanol–water partition coefficient (Wildman–Crippen LogP) is 4.51. The zero-order valence-electron chi connectivity index (χ0n) is 14.1. The van der Waals surface area contributed by atoms with Gasteiger partial charge in [0.15, 0.2) is 0 Å². The third-order valence-corrected chi connectivity index (χ3v) is 4.70. The van der Waals surface area contributed by atoms with Gasteiger partial charge in [-0.1, -0.05) is 19.0 Å². The molecule has 6 nitrogen and oxygen atoms in total. The molecule has 0 spiro atoms. The lowest BCUT2D eigenvalue weighted by atomic mass is 10.1. The van der Waals surface area contributed by atoms with E-state index in [1.807, 2.05) is 18.2 Å². The van der Waals surface area contributed by atoms with Gasteiger partial charge in [0, 0.05) is 17.2 Å². The third kappa shape index (κ3) is 3.71. The molecule has 3 rings (SSSR count). The minimum absolute atomic E-state index is 0.248. The lowest BCUT2D eigenvalue weighted by molar-refractivity contribution is 0.0701. The summed E-state index contributed by atoms with van der Waals surface area (Å²) in [7, 11) is 0. The van der Waals surface area contributed by atoms with Crippen molar-refractivity contribution in [3.8, 4) is 27.6 Å². The number of rotatable bonds is 6. The molecule has 25 heavy (non-hydrogen) atoms. The van der Waals surface area contributed by atoms with E-state index in [9.17, 15) is 9.90 Å². The molecular formula is C18H18N2O4S. The van der Waals surface area contributed by atoms with Crippen molar-refractivity contribution in [2.24, 2.45) is 5.92 Å². The Kier molecular flexibility index (Phi) is 4.85. The minimum Gasteiger partial charge on any atom is -0.493 e. The van der Waals surface area contributed by atoms with Crippen LogP contribution in [0, 0.1) is 12.8 Å². The second-order valence-electron chi connectivity index (χ2n) is 6.04. The molecule has 130 valence electrons. The molecule has 0 atom stereocenters. The lowest BCUT2D eigenvalue weighted by Crippen LogP contribution is -2.05. The molecule has 0 radical (unpaired) electrons. The second kappa shape index (κ2) is 7.06. The fourth-order valence-corrected chi connectivity index (χ4v) is 3.22. The minimum atomic E-state index is -0.963. The number of carboxylic acid groups (broad SMARTS) is 1. The van der Waals surface area contributed by atoms with Crippen LogP contribution in [0.25, 0.3) is 21.8 Å². The Hall–Kier alpha value is -2.67. The van der Waals surface area contributed by atoms with E-state index in [1.165, 1.54) is 6.26 Å². The number of carbonyl (C=O) groups is 1. The van der Waals surface area contributed by atoms with Gasteiger partial charge in [0.2, 0.25) is 0 Å². The zero-order chi connectivity index (χ0) is 18.0. The topological polar surface area (TPSA) is 85.5 Å². The highest BCUT2D eigenvalue weighted by Crippen LogP contribution is 2.36. The van der Waals surface area contributed by atoms with Crippen molar-refractivity contribution >= 4 is 17.3 Å². The van der Waals surface area contributed by atoms with Crippen LogP contribution >= 0.6 is 11.3 Å². The smallest absolute Gasteiger partial charge is 0.347 e. The number of thiazole rings is 1. The molecule has 2 aromatic heterocycles. The van der Waals surface area contributed by atoms with E-state index in [1.54, 1.807) is 13.0 Å². The molecule has 1 aromatic carbocycles. The fourth-order valence-electron chi connectivity index (χ4n) is 2.32. The average Bonchev–Trinajstić information content (AvgIpc) is 3.22. The van der Waals surface area contributed by atoms with Crippen molar-refractivity contribution in [2.75, 3.05) is 6.61 Å². The van der Waals surface area contributed by atoms with Gasteiger partial charge in [-0.2, -0.15) is 0 Å². The molecule has 0 aliphatic rings. The Morgan fingerprint density at radius 1 is 1.36 bits per heavy atom. The number of aryl methyl sites for hydroxylation is 1. The molecule has 0 saturated heterocycles. The van der Waals surface area contributed by atoms with E-state index in [2.05, 4.69) is 24.0 Å². The Morgan fingerprint density at radius 2 is 2.16 bits per heavy atom. The molecular weight excluding hydrogens is 340 g/mol. The second-order valence-corrected chi connectivity index (χ2v) is 7.04. The molecule has 1 N–H and O–H groups in total. The number of aromatic carboxylic acids is 1. The summed E-state index contributed by atoms with van der Waals surface area (Å²) in [5.74, 6) is 0.137. The van der Waals surface area contributed by atoms with Crippen LogP contribution in [0.4, 0.5) is 0 Å². The number of benzene rings is 1. The molecule has 0 saturated carbocycles. The van der Waals surface area contributed by atoms with Crippen molar-refractivity contribution in [3.05, 3.63) is 41.1 Å². The molecule has 0 aliphatic heterocycles. The number of hydrogen-bond donors (Lipinski definition) is 1. The van der Waals surface area contributed by atoms with E-state index >= 15 is 0 Å². The van der Waals surface area contributed by atoms with Gasteiger partial charge in [-0.25, -0.2) is 9.78 Å². The van der Waals surface area contributed by atoms with Crippen molar-refractivity contribution in [3.63, 3.8) is 0 Å². The molecule has 0 bridgehead atoms. The SMILES string of the molecule is Cc1nc(-c2ccc(OCC(C)C)c(-c3ccon3)c2)sc1C(=O)O. The molecule has 7 heteroatoms. The van der Waals surface area contributed by atoms with Gasteiger partial charge >= 0.3 is 5.97 Å². The summed E-state index contributed by atoms with van der Waals surface area (Å²) in [5, 5.41) is 13.9. The summed E-state index contributed by atoms with van der Waals surface area (Å²) in [4.78, 5) is 15.9. The predicted molar refractivity (Wildman–Crippen MR) is 95.1 cm³/mol. The largest absolute Gasteiger partial charge is 0.493 e. The van der Waals surface area contributed by atoms with Gasteiger partial charge in [-0.05, 0) is 31.0 Å². The van der Waals surface area contributed by atoms with Crippen LogP contribution in [0.15, 0.2) is 35.1 Å². The van der Waals surface area contributed by atoms with Crippen molar-refractivity contribution in [1.29, 1.82) is 0 Å². The van der Waals surface area contributed by atoms with Gasteiger partial charge in [0.05, 0.1) is 12.3 Å². The first-order valence-corrected chi connectivity index (χ1v) is 8.66. The van der Waals surface area contributed by atoms with Crippen LogP contribution in [0.1, 0.15) is 29.2 Å². The first-order valence-electron chi connectivity index (χ1n) is 7.84. The summed E-state index contributed by atoms with van der Waals surface area (Å²) in [6.07, 6.45) is 1.50. The summed E-state index contributed by atoms with van der Waals surface area (Å²) >= 11 is 1.16. The Bertz CT molecular complexity index is 885. The van der Waals surface area contributed by atoms with Crippen molar-refractivity contribution in [2.45, 2.75) is 20.8 Å². The Balaban J connectivity index is 2.03. The average molecular weight is 358 g/mol. The highest BCUT2D eigenvalue weighted by atomic mass is 32.1. The summed E-state index contributed by atoms with van der Waals surface area (Å²) < 4.78 is 10.8. The molecule has 0 unspecified atom stereocenters. The van der Waals surface area contributed by atoms with Gasteiger partial charge in [-0.3, -0.25) is 0 Å². The number of nitrogens with zero attached hydrogens (tertiary/aromatic N) is 2. The van der Waals surface area contributed by atoms with E-state index in [0.29, 0.717) is 34.7 Å². The van der Waals surface area contributed by atoms with Crippen molar-refractivity contribution < 1.29 is 19.2 Å². The highest BCUT2D eigenvalue weighted by Gasteiger charge is 2.17. The van der Waals surface area contributed by atoms with E-state index in [0.717, 1.165) is 22.5 Å². The van der Waals surface area contributed by atoms with Crippen LogP contribution in [-0.2, 0) is 0 Å². The van der Waals surface area contributed by atoms with Crippen LogP contribution in [-0.4, -0.2) is 27.8 Å². The molecule has 0 aliphatic carbocycles. The molecule has 2 heterocycles. The maximum absolute atomic E-state index is 11.3. The van der Waals surface area contributed by atoms with E-state index in [4.69, 9.17) is 9.26 Å². The van der Waals surface area contributed by atoms with Gasteiger partial charge in [0.25, 0.3) is 0 Å². The third-order valence-electron chi connectivity index (χ3n) is 3.50. The number of ether oxygens (including phenoxy) is 1. The first-order chi connectivity index (χ1) is 12.0. The highest BCUT2D eigenvalue weighted by molar-refractivity contribution is 7.17. The fraction of sp³-hybridized carbons (Fsp3) is 0.278. The number of carboxylic acids is 1. The Labute approximate surface area is 149 Å². The van der Waals surface area contributed by atoms with E-state index < -0.39 is 5.97 Å². The van der Waals surface area contributed by atoms with Crippen LogP contribution in [0.5, 0.6) is 5.75 Å². The molecule has 3 aromatic rings. The van der Waals surface area contributed by atoms with Gasteiger partial charge in [-0.15, -0.1) is 11.3 Å². The number of aromatic nitrogens is 2. The molecule has 0 amide bonds. The monoisotopic (exact) mass is 358 g/mol. The van der Waals surface area contributed by atoms with Crippen LogP contribution in [0.2, 0.25) is 0 Å². The quantitative estimate of drug-likeness (QED) is 0.698.